The number of nitrogens with zero attached hydrogens (tertiary/aromatic N) is 2. The van der Waals surface area contributed by atoms with Crippen molar-refractivity contribution in [1.29, 1.82) is 0 Å². The van der Waals surface area contributed by atoms with Crippen LogP contribution in [0.3, 0.4) is 0 Å². The van der Waals surface area contributed by atoms with Crippen LogP contribution in [0.4, 0.5) is 4.79 Å². The Morgan fingerprint density at radius 3 is 2.62 bits per heavy atom. The molecule has 6 heteroatoms. The number of hydrogen-bond donors (Lipinski definition) is 1. The fourth-order valence-electron chi connectivity index (χ4n) is 2.24. The highest BCUT2D eigenvalue weighted by Crippen LogP contribution is 2.19. The summed E-state index contributed by atoms with van der Waals surface area (Å²) >= 11 is 1.73. The van der Waals surface area contributed by atoms with Crippen LogP contribution in [-0.2, 0) is 11.3 Å². The van der Waals surface area contributed by atoms with Gasteiger partial charge < -0.3 is 10.1 Å². The summed E-state index contributed by atoms with van der Waals surface area (Å²) in [7, 11) is 4.08. The van der Waals surface area contributed by atoms with Crippen molar-refractivity contribution in [2.45, 2.75) is 25.5 Å². The molecule has 1 N–H and O–H groups in total. The molecule has 1 amide bonds. The number of carbonyl (C=O) groups is 1. The predicted octanol–water partition coefficient (Wildman–Crippen LogP) is 2.50. The number of amides is 1. The molecule has 21 heavy (non-hydrogen) atoms. The topological polar surface area (TPSA) is 44.8 Å². The van der Waals surface area contributed by atoms with Crippen LogP contribution >= 0.6 is 12.1 Å². The maximum atomic E-state index is 11.8. The van der Waals surface area contributed by atoms with Crippen LogP contribution in [0.1, 0.15) is 18.4 Å². The number of piperidine rings is 1. The van der Waals surface area contributed by atoms with Gasteiger partial charge in [-0.1, -0.05) is 30.3 Å². The lowest BCUT2D eigenvalue weighted by Gasteiger charge is -2.32. The van der Waals surface area contributed by atoms with Crippen LogP contribution in [0.25, 0.3) is 0 Å². The third-order valence-corrected chi connectivity index (χ3v) is 4.19. The van der Waals surface area contributed by atoms with E-state index in [9.17, 15) is 4.79 Å². The number of alkyl carbamates (subject to hydrolysis) is 1. The molecule has 1 fully saturated rings. The van der Waals surface area contributed by atoms with Crippen LogP contribution in [-0.4, -0.2) is 47.9 Å². The lowest BCUT2D eigenvalue weighted by atomic mass is 10.1. The number of nitrogens with one attached hydrogen (secondary N) is 1. The van der Waals surface area contributed by atoms with Gasteiger partial charge in [0.25, 0.3) is 0 Å². The monoisotopic (exact) mass is 309 g/mol. The molecule has 0 saturated carbocycles. The van der Waals surface area contributed by atoms with Crippen LogP contribution in [0.2, 0.25) is 0 Å². The molecule has 0 aromatic heterocycles. The molecule has 116 valence electrons. The van der Waals surface area contributed by atoms with E-state index in [1.54, 1.807) is 12.1 Å². The van der Waals surface area contributed by atoms with Gasteiger partial charge in [0.15, 0.2) is 0 Å². The van der Waals surface area contributed by atoms with Crippen LogP contribution in [0.15, 0.2) is 30.3 Å². The van der Waals surface area contributed by atoms with Gasteiger partial charge in [-0.15, -0.1) is 0 Å². The minimum Gasteiger partial charge on any atom is -0.445 e. The molecular formula is C15H23N3O2S. The average Bonchev–Trinajstić information content (AvgIpc) is 2.48. The van der Waals surface area contributed by atoms with Crippen LogP contribution in [0.5, 0.6) is 0 Å². The molecule has 0 atom stereocenters. The molecule has 1 saturated heterocycles. The van der Waals surface area contributed by atoms with E-state index < -0.39 is 0 Å². The van der Waals surface area contributed by atoms with Gasteiger partial charge in [-0.3, -0.25) is 0 Å². The zero-order chi connectivity index (χ0) is 15.1. The zero-order valence-electron chi connectivity index (χ0n) is 12.6. The molecule has 2 rings (SSSR count). The van der Waals surface area contributed by atoms with Gasteiger partial charge >= 0.3 is 6.09 Å². The van der Waals surface area contributed by atoms with Gasteiger partial charge in [0, 0.05) is 31.3 Å². The molecule has 5 nitrogen and oxygen atoms in total. The Kier molecular flexibility index (Phi) is 6.35. The number of hydrogen-bond acceptors (Lipinski definition) is 5. The Labute approximate surface area is 130 Å². The van der Waals surface area contributed by atoms with E-state index in [0.717, 1.165) is 31.5 Å². The molecule has 1 heterocycles. The lowest BCUT2D eigenvalue weighted by Crippen LogP contribution is -2.43. The Hall–Kier alpha value is -1.24. The molecule has 0 aliphatic carbocycles. The summed E-state index contributed by atoms with van der Waals surface area (Å²) in [5.41, 5.74) is 1.00. The quantitative estimate of drug-likeness (QED) is 0.847. The van der Waals surface area contributed by atoms with Crippen molar-refractivity contribution in [3.05, 3.63) is 35.9 Å². The molecule has 1 aliphatic heterocycles. The summed E-state index contributed by atoms with van der Waals surface area (Å²) in [6, 6.07) is 9.94. The van der Waals surface area contributed by atoms with Gasteiger partial charge in [0.1, 0.15) is 6.61 Å². The smallest absolute Gasteiger partial charge is 0.407 e. The Bertz CT molecular complexity index is 434. The number of ether oxygens (including phenoxy) is 1. The van der Waals surface area contributed by atoms with E-state index in [1.807, 2.05) is 44.4 Å². The highest BCUT2D eigenvalue weighted by atomic mass is 32.2. The molecular weight excluding hydrogens is 286 g/mol. The fraction of sp³-hybridized carbons (Fsp3) is 0.533. The van der Waals surface area contributed by atoms with Crippen molar-refractivity contribution < 1.29 is 9.53 Å². The van der Waals surface area contributed by atoms with E-state index in [1.165, 1.54) is 0 Å². The van der Waals surface area contributed by atoms with E-state index >= 15 is 0 Å². The van der Waals surface area contributed by atoms with Gasteiger partial charge in [-0.2, -0.15) is 0 Å². The first kappa shape index (κ1) is 16.1. The van der Waals surface area contributed by atoms with Gasteiger partial charge in [0.2, 0.25) is 0 Å². The summed E-state index contributed by atoms with van der Waals surface area (Å²) in [4.78, 5) is 11.8. The molecule has 1 aromatic carbocycles. The highest BCUT2D eigenvalue weighted by Gasteiger charge is 2.21. The van der Waals surface area contributed by atoms with Gasteiger partial charge in [-0.25, -0.2) is 13.4 Å². The highest BCUT2D eigenvalue weighted by molar-refractivity contribution is 7.94. The van der Waals surface area contributed by atoms with Crippen molar-refractivity contribution >= 4 is 18.2 Å². The van der Waals surface area contributed by atoms with E-state index in [-0.39, 0.29) is 12.1 Å². The summed E-state index contributed by atoms with van der Waals surface area (Å²) in [5.74, 6) is 0. The average molecular weight is 309 g/mol. The van der Waals surface area contributed by atoms with Crippen LogP contribution < -0.4 is 5.32 Å². The van der Waals surface area contributed by atoms with Crippen molar-refractivity contribution in [3.63, 3.8) is 0 Å². The minimum absolute atomic E-state index is 0.215. The maximum Gasteiger partial charge on any atom is 0.407 e. The first-order valence-electron chi connectivity index (χ1n) is 7.21. The Morgan fingerprint density at radius 2 is 2.00 bits per heavy atom. The Balaban J connectivity index is 1.65. The van der Waals surface area contributed by atoms with Crippen molar-refractivity contribution in [1.82, 2.24) is 13.9 Å². The fourth-order valence-corrected chi connectivity index (χ4v) is 3.08. The standard InChI is InChI=1S/C15H23N3O2S/c1-17(2)21-18-10-8-14(9-11-18)16-15(19)20-12-13-6-4-3-5-7-13/h3-7,14H,8-12H2,1-2H3,(H,16,19). The van der Waals surface area contributed by atoms with Crippen LogP contribution in [0, 0.1) is 0 Å². The van der Waals surface area contributed by atoms with Gasteiger partial charge in [-0.05, 0) is 32.5 Å². The van der Waals surface area contributed by atoms with Crippen molar-refractivity contribution in [2.24, 2.45) is 0 Å². The normalized spacial score (nSPS) is 16.9. The molecule has 1 aromatic rings. The third kappa shape index (κ3) is 5.95. The second-order valence-electron chi connectivity index (χ2n) is 5.30. The number of rotatable bonds is 5. The summed E-state index contributed by atoms with van der Waals surface area (Å²) in [6.07, 6.45) is 1.60. The second kappa shape index (κ2) is 8.26. The van der Waals surface area contributed by atoms with Crippen molar-refractivity contribution in [2.75, 3.05) is 27.2 Å². The molecule has 0 radical (unpaired) electrons. The van der Waals surface area contributed by atoms with E-state index in [2.05, 4.69) is 13.9 Å². The van der Waals surface area contributed by atoms with Crippen molar-refractivity contribution in [3.8, 4) is 0 Å². The number of carbonyl (C=O) groups excluding carboxylic acids is 1. The van der Waals surface area contributed by atoms with Gasteiger partial charge in [0.05, 0.1) is 0 Å². The lowest BCUT2D eigenvalue weighted by molar-refractivity contribution is 0.132. The first-order chi connectivity index (χ1) is 10.1. The first-order valence-corrected chi connectivity index (χ1v) is 7.94. The molecule has 0 bridgehead atoms. The van der Waals surface area contributed by atoms with E-state index in [0.29, 0.717) is 6.61 Å². The SMILES string of the molecule is CN(C)SN1CCC(NC(=O)OCc2ccccc2)CC1. The van der Waals surface area contributed by atoms with E-state index in [4.69, 9.17) is 4.74 Å². The summed E-state index contributed by atoms with van der Waals surface area (Å²) in [5, 5.41) is 2.95. The largest absolute Gasteiger partial charge is 0.445 e. The Morgan fingerprint density at radius 1 is 1.33 bits per heavy atom. The maximum absolute atomic E-state index is 11.8. The zero-order valence-corrected chi connectivity index (χ0v) is 13.4. The molecule has 1 aliphatic rings. The second-order valence-corrected chi connectivity index (χ2v) is 6.71. The third-order valence-electron chi connectivity index (χ3n) is 3.27. The summed E-state index contributed by atoms with van der Waals surface area (Å²) in [6.45, 7) is 2.28. The molecule has 0 unspecified atom stereocenters. The molecule has 0 spiro atoms. The number of benzene rings is 1. The minimum atomic E-state index is -0.322. The summed E-state index contributed by atoms with van der Waals surface area (Å²) < 4.78 is 9.64. The predicted molar refractivity (Wildman–Crippen MR) is 85.6 cm³/mol.